The molecule has 76 valence electrons. The van der Waals surface area contributed by atoms with Crippen molar-refractivity contribution in [1.29, 1.82) is 0 Å². The summed E-state index contributed by atoms with van der Waals surface area (Å²) in [6, 6.07) is 1.34. The van der Waals surface area contributed by atoms with Crippen LogP contribution in [0.25, 0.3) is 0 Å². The van der Waals surface area contributed by atoms with Crippen LogP contribution in [-0.2, 0) is 16.1 Å². The van der Waals surface area contributed by atoms with Gasteiger partial charge in [-0.05, 0) is 0 Å². The molecule has 1 aromatic heterocycles. The zero-order chi connectivity index (χ0) is 10.6. The molecule has 0 unspecified atom stereocenters. The highest BCUT2D eigenvalue weighted by Gasteiger charge is 2.01. The third-order valence-corrected chi connectivity index (χ3v) is 1.59. The summed E-state index contributed by atoms with van der Waals surface area (Å²) in [7, 11) is 1.41. The first-order chi connectivity index (χ1) is 6.63. The van der Waals surface area contributed by atoms with Gasteiger partial charge in [0.1, 0.15) is 6.61 Å². The van der Waals surface area contributed by atoms with Crippen molar-refractivity contribution in [2.75, 3.05) is 7.11 Å². The minimum absolute atomic E-state index is 0.0641. The second kappa shape index (κ2) is 4.45. The zero-order valence-electron chi connectivity index (χ0n) is 7.99. The number of hydrogen-bond acceptors (Lipinski definition) is 4. The highest BCUT2D eigenvalue weighted by Crippen LogP contribution is 2.01. The van der Waals surface area contributed by atoms with Crippen LogP contribution in [0.2, 0.25) is 0 Å². The Morgan fingerprint density at radius 1 is 1.57 bits per heavy atom. The highest BCUT2D eigenvalue weighted by atomic mass is 16.5. The smallest absolute Gasteiger partial charge is 0.303 e. The van der Waals surface area contributed by atoms with E-state index in [9.17, 15) is 9.59 Å². The lowest BCUT2D eigenvalue weighted by Gasteiger charge is -2.03. The first-order valence-corrected chi connectivity index (χ1v) is 4.02. The first-order valence-electron chi connectivity index (χ1n) is 4.02. The van der Waals surface area contributed by atoms with Crippen molar-refractivity contribution < 1.29 is 14.3 Å². The molecule has 0 radical (unpaired) electrons. The average Bonchev–Trinajstić information content (AvgIpc) is 2.15. The number of esters is 1. The summed E-state index contributed by atoms with van der Waals surface area (Å²) >= 11 is 0. The lowest BCUT2D eigenvalue weighted by Crippen LogP contribution is -2.09. The van der Waals surface area contributed by atoms with Crippen molar-refractivity contribution in [3.05, 3.63) is 28.2 Å². The monoisotopic (exact) mass is 197 g/mol. The van der Waals surface area contributed by atoms with Crippen molar-refractivity contribution in [1.82, 2.24) is 4.98 Å². The van der Waals surface area contributed by atoms with Crippen LogP contribution in [0.15, 0.2) is 17.1 Å². The number of hydrogen-bond donors (Lipinski definition) is 1. The van der Waals surface area contributed by atoms with Crippen LogP contribution in [0.1, 0.15) is 12.6 Å². The Kier molecular flexibility index (Phi) is 3.28. The number of carbonyl (C=O) groups excluding carboxylic acids is 1. The fourth-order valence-electron chi connectivity index (χ4n) is 0.923. The Morgan fingerprint density at radius 3 is 2.79 bits per heavy atom. The van der Waals surface area contributed by atoms with Crippen molar-refractivity contribution >= 4 is 5.97 Å². The Hall–Kier alpha value is -1.78. The van der Waals surface area contributed by atoms with Gasteiger partial charge in [-0.25, -0.2) is 0 Å². The lowest BCUT2D eigenvalue weighted by atomic mass is 10.3. The number of methoxy groups -OCH3 is 1. The fraction of sp³-hybridized carbons (Fsp3) is 0.333. The molecule has 14 heavy (non-hydrogen) atoms. The van der Waals surface area contributed by atoms with Crippen LogP contribution in [0.5, 0.6) is 5.75 Å². The number of nitrogens with one attached hydrogen (secondary N) is 1. The minimum atomic E-state index is -0.387. The molecule has 0 saturated heterocycles. The Labute approximate surface area is 80.7 Å². The number of rotatable bonds is 3. The topological polar surface area (TPSA) is 68.4 Å². The second-order valence-electron chi connectivity index (χ2n) is 2.67. The third kappa shape index (κ3) is 2.62. The zero-order valence-corrected chi connectivity index (χ0v) is 7.99. The third-order valence-electron chi connectivity index (χ3n) is 1.59. The normalized spacial score (nSPS) is 9.57. The molecule has 0 bridgehead atoms. The minimum Gasteiger partial charge on any atom is -0.491 e. The fourth-order valence-corrected chi connectivity index (χ4v) is 0.923. The van der Waals surface area contributed by atoms with Gasteiger partial charge >= 0.3 is 5.97 Å². The molecule has 0 aliphatic heterocycles. The van der Waals surface area contributed by atoms with E-state index >= 15 is 0 Å². The molecule has 5 heteroatoms. The van der Waals surface area contributed by atoms with E-state index in [0.29, 0.717) is 5.69 Å². The molecule has 0 aliphatic carbocycles. The summed E-state index contributed by atoms with van der Waals surface area (Å²) in [4.78, 5) is 24.5. The molecular formula is C9H11NO4. The van der Waals surface area contributed by atoms with Crippen LogP contribution >= 0.6 is 0 Å². The summed E-state index contributed by atoms with van der Waals surface area (Å²) in [5, 5.41) is 0. The maximum atomic E-state index is 11.2. The summed E-state index contributed by atoms with van der Waals surface area (Å²) in [6.45, 7) is 1.37. The molecule has 0 amide bonds. The average molecular weight is 197 g/mol. The quantitative estimate of drug-likeness (QED) is 0.714. The van der Waals surface area contributed by atoms with Gasteiger partial charge in [0.05, 0.1) is 12.8 Å². The number of pyridine rings is 1. The van der Waals surface area contributed by atoms with Gasteiger partial charge in [-0.15, -0.1) is 0 Å². The number of H-pyrrole nitrogens is 1. The van der Waals surface area contributed by atoms with Gasteiger partial charge in [0.2, 0.25) is 5.43 Å². The van der Waals surface area contributed by atoms with Crippen LogP contribution in [-0.4, -0.2) is 18.1 Å². The molecule has 5 nitrogen and oxygen atoms in total. The van der Waals surface area contributed by atoms with Crippen LogP contribution < -0.4 is 10.2 Å². The molecule has 0 aliphatic rings. The number of ether oxygens (including phenoxy) is 2. The molecule has 1 aromatic rings. The van der Waals surface area contributed by atoms with E-state index in [2.05, 4.69) is 4.98 Å². The van der Waals surface area contributed by atoms with Gasteiger partial charge in [-0.1, -0.05) is 0 Å². The number of aromatic amines is 1. The van der Waals surface area contributed by atoms with Gasteiger partial charge in [0, 0.05) is 19.2 Å². The number of carbonyl (C=O) groups is 1. The van der Waals surface area contributed by atoms with E-state index in [0.717, 1.165) is 0 Å². The lowest BCUT2D eigenvalue weighted by molar-refractivity contribution is -0.142. The molecule has 0 spiro atoms. The standard InChI is InChI=1S/C9H11NO4/c1-6(11)14-5-7-3-8(12)9(13-2)4-10-7/h3-4H,5H2,1-2H3,(H,10,12). The predicted molar refractivity (Wildman–Crippen MR) is 49.1 cm³/mol. The highest BCUT2D eigenvalue weighted by molar-refractivity contribution is 5.65. The largest absolute Gasteiger partial charge is 0.491 e. The summed E-state index contributed by atoms with van der Waals surface area (Å²) in [6.07, 6.45) is 1.43. The van der Waals surface area contributed by atoms with Gasteiger partial charge < -0.3 is 14.5 Å². The van der Waals surface area contributed by atoms with Crippen LogP contribution in [0, 0.1) is 0 Å². The van der Waals surface area contributed by atoms with E-state index in [4.69, 9.17) is 9.47 Å². The maximum Gasteiger partial charge on any atom is 0.303 e. The molecule has 1 heterocycles. The van der Waals surface area contributed by atoms with E-state index in [-0.39, 0.29) is 23.8 Å². The van der Waals surface area contributed by atoms with Gasteiger partial charge in [0.25, 0.3) is 0 Å². The number of aromatic nitrogens is 1. The van der Waals surface area contributed by atoms with Crippen molar-refractivity contribution in [3.8, 4) is 5.75 Å². The Bertz CT molecular complexity index is 383. The van der Waals surface area contributed by atoms with Gasteiger partial charge in [-0.2, -0.15) is 0 Å². The van der Waals surface area contributed by atoms with E-state index in [1.54, 1.807) is 0 Å². The van der Waals surface area contributed by atoms with Crippen molar-refractivity contribution in [2.45, 2.75) is 13.5 Å². The summed E-state index contributed by atoms with van der Waals surface area (Å²) in [5.41, 5.74) is 0.291. The Balaban J connectivity index is 2.76. The van der Waals surface area contributed by atoms with Crippen LogP contribution in [0.3, 0.4) is 0 Å². The maximum absolute atomic E-state index is 11.2. The van der Waals surface area contributed by atoms with Crippen molar-refractivity contribution in [3.63, 3.8) is 0 Å². The summed E-state index contributed by atoms with van der Waals surface area (Å²) < 4.78 is 9.48. The summed E-state index contributed by atoms with van der Waals surface area (Å²) in [5.74, 6) is -0.154. The van der Waals surface area contributed by atoms with E-state index in [1.807, 2.05) is 0 Å². The SMILES string of the molecule is COc1c[nH]c(COC(C)=O)cc1=O. The van der Waals surface area contributed by atoms with Gasteiger partial charge in [-0.3, -0.25) is 9.59 Å². The molecule has 1 rings (SSSR count). The predicted octanol–water partition coefficient (Wildman–Crippen LogP) is 0.447. The Morgan fingerprint density at radius 2 is 2.29 bits per heavy atom. The van der Waals surface area contributed by atoms with Crippen LogP contribution in [0.4, 0.5) is 0 Å². The van der Waals surface area contributed by atoms with E-state index in [1.165, 1.54) is 26.3 Å². The molecule has 0 saturated carbocycles. The first kappa shape index (κ1) is 10.3. The molecule has 1 N–H and O–H groups in total. The molecule has 0 aromatic carbocycles. The molecular weight excluding hydrogens is 186 g/mol. The molecule has 0 atom stereocenters. The second-order valence-corrected chi connectivity index (χ2v) is 2.67. The van der Waals surface area contributed by atoms with E-state index < -0.39 is 0 Å². The van der Waals surface area contributed by atoms with Gasteiger partial charge in [0.15, 0.2) is 5.75 Å². The molecule has 0 fully saturated rings. The van der Waals surface area contributed by atoms with Crippen molar-refractivity contribution in [2.24, 2.45) is 0 Å².